The average Bonchev–Trinajstić information content (AvgIpc) is 2.68. The van der Waals surface area contributed by atoms with Gasteiger partial charge < -0.3 is 19.7 Å². The minimum atomic E-state index is -0.268. The summed E-state index contributed by atoms with van der Waals surface area (Å²) >= 11 is 0. The zero-order valence-electron chi connectivity index (χ0n) is 15.9. The van der Waals surface area contributed by atoms with Crippen molar-refractivity contribution in [3.05, 3.63) is 47.5 Å². The maximum Gasteiger partial charge on any atom is 0.259 e. The molecule has 2 amide bonds. The molecule has 0 spiro atoms. The number of hydrogen-bond donors (Lipinski definition) is 1. The SMILES string of the molecule is COc1ccc(C(=O)Nc2ccc(N3CCCCC3=O)c(C)c2)c(OC)c1. The number of amides is 2. The predicted molar refractivity (Wildman–Crippen MR) is 105 cm³/mol. The van der Waals surface area contributed by atoms with Gasteiger partial charge in [0, 0.05) is 30.4 Å². The highest BCUT2D eigenvalue weighted by molar-refractivity contribution is 6.06. The summed E-state index contributed by atoms with van der Waals surface area (Å²) in [4.78, 5) is 26.6. The molecule has 0 aliphatic carbocycles. The number of aryl methyl sites for hydroxylation is 1. The summed E-state index contributed by atoms with van der Waals surface area (Å²) in [7, 11) is 3.08. The first-order chi connectivity index (χ1) is 13.0. The highest BCUT2D eigenvalue weighted by atomic mass is 16.5. The number of methoxy groups -OCH3 is 2. The molecular weight excluding hydrogens is 344 g/mol. The van der Waals surface area contributed by atoms with Gasteiger partial charge >= 0.3 is 0 Å². The molecule has 0 atom stereocenters. The molecule has 1 saturated heterocycles. The van der Waals surface area contributed by atoms with Crippen molar-refractivity contribution in [1.29, 1.82) is 0 Å². The van der Waals surface area contributed by atoms with Crippen molar-refractivity contribution in [2.24, 2.45) is 0 Å². The Labute approximate surface area is 159 Å². The largest absolute Gasteiger partial charge is 0.497 e. The van der Waals surface area contributed by atoms with Crippen LogP contribution in [0.1, 0.15) is 35.2 Å². The molecule has 3 rings (SSSR count). The summed E-state index contributed by atoms with van der Waals surface area (Å²) in [5.41, 5.74) is 2.94. The normalized spacial score (nSPS) is 14.0. The molecule has 0 radical (unpaired) electrons. The first-order valence-corrected chi connectivity index (χ1v) is 8.98. The highest BCUT2D eigenvalue weighted by Crippen LogP contribution is 2.29. The number of piperidine rings is 1. The van der Waals surface area contributed by atoms with Crippen LogP contribution in [0.5, 0.6) is 11.5 Å². The number of nitrogens with one attached hydrogen (secondary N) is 1. The summed E-state index contributed by atoms with van der Waals surface area (Å²) in [5, 5.41) is 2.89. The standard InChI is InChI=1S/C21H24N2O4/c1-14-12-15(7-10-18(14)23-11-5-4-6-20(23)24)22-21(25)17-9-8-16(26-2)13-19(17)27-3/h7-10,12-13H,4-6,11H2,1-3H3,(H,22,25). The van der Waals surface area contributed by atoms with E-state index in [1.165, 1.54) is 7.11 Å². The van der Waals surface area contributed by atoms with Crippen LogP contribution in [0.2, 0.25) is 0 Å². The monoisotopic (exact) mass is 368 g/mol. The van der Waals surface area contributed by atoms with E-state index in [4.69, 9.17) is 9.47 Å². The van der Waals surface area contributed by atoms with Crippen LogP contribution in [0.15, 0.2) is 36.4 Å². The number of ether oxygens (including phenoxy) is 2. The van der Waals surface area contributed by atoms with Crippen LogP contribution in [-0.4, -0.2) is 32.6 Å². The minimum Gasteiger partial charge on any atom is -0.497 e. The Hall–Kier alpha value is -3.02. The van der Waals surface area contributed by atoms with Gasteiger partial charge in [-0.15, -0.1) is 0 Å². The lowest BCUT2D eigenvalue weighted by Crippen LogP contribution is -2.35. The van der Waals surface area contributed by atoms with Gasteiger partial charge in [-0.1, -0.05) is 0 Å². The van der Waals surface area contributed by atoms with Crippen molar-refractivity contribution in [3.8, 4) is 11.5 Å². The first-order valence-electron chi connectivity index (χ1n) is 8.98. The zero-order chi connectivity index (χ0) is 19.4. The second-order valence-corrected chi connectivity index (χ2v) is 6.52. The quantitative estimate of drug-likeness (QED) is 0.872. The molecule has 0 bridgehead atoms. The lowest BCUT2D eigenvalue weighted by Gasteiger charge is -2.28. The number of benzene rings is 2. The predicted octanol–water partition coefficient (Wildman–Crippen LogP) is 3.78. The van der Waals surface area contributed by atoms with E-state index in [1.807, 2.05) is 30.0 Å². The maximum atomic E-state index is 12.6. The molecular formula is C21H24N2O4. The number of anilines is 2. The van der Waals surface area contributed by atoms with E-state index < -0.39 is 0 Å². The number of nitrogens with zero attached hydrogens (tertiary/aromatic N) is 1. The number of rotatable bonds is 5. The van der Waals surface area contributed by atoms with Crippen molar-refractivity contribution >= 4 is 23.2 Å². The van der Waals surface area contributed by atoms with Crippen molar-refractivity contribution in [1.82, 2.24) is 0 Å². The van der Waals surface area contributed by atoms with Crippen LogP contribution < -0.4 is 19.7 Å². The van der Waals surface area contributed by atoms with E-state index in [0.717, 1.165) is 30.6 Å². The van der Waals surface area contributed by atoms with Crippen molar-refractivity contribution < 1.29 is 19.1 Å². The minimum absolute atomic E-state index is 0.157. The van der Waals surface area contributed by atoms with Gasteiger partial charge in [0.15, 0.2) is 0 Å². The summed E-state index contributed by atoms with van der Waals surface area (Å²) in [6.07, 6.45) is 2.56. The van der Waals surface area contributed by atoms with Crippen LogP contribution in [0.25, 0.3) is 0 Å². The molecule has 1 fully saturated rings. The molecule has 1 heterocycles. The Morgan fingerprint density at radius 1 is 1.07 bits per heavy atom. The Morgan fingerprint density at radius 3 is 2.56 bits per heavy atom. The highest BCUT2D eigenvalue weighted by Gasteiger charge is 2.21. The Bertz CT molecular complexity index is 863. The molecule has 0 unspecified atom stereocenters. The fourth-order valence-electron chi connectivity index (χ4n) is 3.28. The van der Waals surface area contributed by atoms with E-state index >= 15 is 0 Å². The first kappa shape index (κ1) is 18.8. The third-order valence-corrected chi connectivity index (χ3v) is 4.72. The Kier molecular flexibility index (Phi) is 5.64. The second kappa shape index (κ2) is 8.12. The molecule has 6 heteroatoms. The molecule has 27 heavy (non-hydrogen) atoms. The summed E-state index contributed by atoms with van der Waals surface area (Å²) in [5.74, 6) is 0.953. The van der Waals surface area contributed by atoms with Crippen LogP contribution in [0, 0.1) is 6.92 Å². The number of carbonyl (C=O) groups excluding carboxylic acids is 2. The second-order valence-electron chi connectivity index (χ2n) is 6.52. The lowest BCUT2D eigenvalue weighted by molar-refractivity contribution is -0.119. The molecule has 1 aliphatic heterocycles. The third kappa shape index (κ3) is 4.05. The van der Waals surface area contributed by atoms with Gasteiger partial charge in [-0.25, -0.2) is 0 Å². The van der Waals surface area contributed by atoms with E-state index in [1.54, 1.807) is 25.3 Å². The summed E-state index contributed by atoms with van der Waals surface area (Å²) in [6.45, 7) is 2.69. The molecule has 2 aromatic carbocycles. The van der Waals surface area contributed by atoms with E-state index in [9.17, 15) is 9.59 Å². The van der Waals surface area contributed by atoms with Crippen LogP contribution >= 0.6 is 0 Å². The third-order valence-electron chi connectivity index (χ3n) is 4.72. The molecule has 1 N–H and O–H groups in total. The molecule has 2 aromatic rings. The van der Waals surface area contributed by atoms with Crippen LogP contribution in [-0.2, 0) is 4.79 Å². The lowest BCUT2D eigenvalue weighted by atomic mass is 10.1. The van der Waals surface area contributed by atoms with Crippen LogP contribution in [0.4, 0.5) is 11.4 Å². The van der Waals surface area contributed by atoms with Gasteiger partial charge in [0.05, 0.1) is 19.8 Å². The smallest absolute Gasteiger partial charge is 0.259 e. The van der Waals surface area contributed by atoms with Crippen molar-refractivity contribution in [2.45, 2.75) is 26.2 Å². The Morgan fingerprint density at radius 2 is 1.89 bits per heavy atom. The number of hydrogen-bond acceptors (Lipinski definition) is 4. The topological polar surface area (TPSA) is 67.9 Å². The molecule has 142 valence electrons. The van der Waals surface area contributed by atoms with Gasteiger partial charge in [-0.3, -0.25) is 9.59 Å². The van der Waals surface area contributed by atoms with Gasteiger partial charge in [0.25, 0.3) is 5.91 Å². The average molecular weight is 368 g/mol. The summed E-state index contributed by atoms with van der Waals surface area (Å²) in [6, 6.07) is 10.6. The van der Waals surface area contributed by atoms with E-state index in [2.05, 4.69) is 5.32 Å². The molecule has 0 aromatic heterocycles. The summed E-state index contributed by atoms with van der Waals surface area (Å²) < 4.78 is 10.5. The zero-order valence-corrected chi connectivity index (χ0v) is 15.9. The van der Waals surface area contributed by atoms with Crippen molar-refractivity contribution in [2.75, 3.05) is 31.0 Å². The van der Waals surface area contributed by atoms with E-state index in [-0.39, 0.29) is 11.8 Å². The van der Waals surface area contributed by atoms with Crippen molar-refractivity contribution in [3.63, 3.8) is 0 Å². The van der Waals surface area contributed by atoms with Gasteiger partial charge in [0.2, 0.25) is 5.91 Å². The maximum absolute atomic E-state index is 12.6. The van der Waals surface area contributed by atoms with Gasteiger partial charge in [-0.05, 0) is 55.7 Å². The molecule has 1 aliphatic rings. The van der Waals surface area contributed by atoms with Gasteiger partial charge in [0.1, 0.15) is 11.5 Å². The molecule has 0 saturated carbocycles. The van der Waals surface area contributed by atoms with Crippen LogP contribution in [0.3, 0.4) is 0 Å². The van der Waals surface area contributed by atoms with Gasteiger partial charge in [-0.2, -0.15) is 0 Å². The number of carbonyl (C=O) groups is 2. The fourth-order valence-corrected chi connectivity index (χ4v) is 3.28. The Balaban J connectivity index is 1.79. The fraction of sp³-hybridized carbons (Fsp3) is 0.333. The van der Waals surface area contributed by atoms with E-state index in [0.29, 0.717) is 29.2 Å². The molecule has 6 nitrogen and oxygen atoms in total.